The molecule has 152 valence electrons. The van der Waals surface area contributed by atoms with Gasteiger partial charge < -0.3 is 0 Å². The summed E-state index contributed by atoms with van der Waals surface area (Å²) < 4.78 is 16.0. The Labute approximate surface area is 175 Å². The normalized spacial score (nSPS) is 11.2. The zero-order valence-corrected chi connectivity index (χ0v) is 16.4. The molecule has 0 saturated carbocycles. The lowest BCUT2D eigenvalue weighted by Gasteiger charge is -2.09. The Morgan fingerprint density at radius 1 is 1.03 bits per heavy atom. The topological polar surface area (TPSA) is 81.3 Å². The number of nitrogens with one attached hydrogen (secondary N) is 1. The monoisotopic (exact) mass is 413 g/mol. The van der Waals surface area contributed by atoms with Crippen molar-refractivity contribution in [3.8, 4) is 11.1 Å². The number of rotatable bonds is 3. The maximum absolute atomic E-state index is 13.3. The van der Waals surface area contributed by atoms with Crippen LogP contribution in [-0.4, -0.2) is 25.2 Å². The molecule has 31 heavy (non-hydrogen) atoms. The molecule has 0 aliphatic heterocycles. The van der Waals surface area contributed by atoms with E-state index in [4.69, 9.17) is 0 Å². The summed E-state index contributed by atoms with van der Waals surface area (Å²) in [6.07, 6.45) is 2.95. The molecule has 5 rings (SSSR count). The highest BCUT2D eigenvalue weighted by atomic mass is 19.1. The summed E-state index contributed by atoms with van der Waals surface area (Å²) in [6, 6.07) is 16.4. The van der Waals surface area contributed by atoms with Crippen LogP contribution in [0.2, 0.25) is 0 Å². The van der Waals surface area contributed by atoms with Crippen LogP contribution >= 0.6 is 0 Å². The van der Waals surface area contributed by atoms with Gasteiger partial charge in [0.25, 0.3) is 11.5 Å². The van der Waals surface area contributed by atoms with Crippen LogP contribution in [0.15, 0.2) is 77.9 Å². The quantitative estimate of drug-likeness (QED) is 0.491. The van der Waals surface area contributed by atoms with Crippen molar-refractivity contribution in [2.45, 2.75) is 6.92 Å². The van der Waals surface area contributed by atoms with Gasteiger partial charge in [-0.1, -0.05) is 30.3 Å². The molecule has 1 amide bonds. The van der Waals surface area contributed by atoms with Crippen LogP contribution in [-0.2, 0) is 0 Å². The first kappa shape index (κ1) is 18.7. The van der Waals surface area contributed by atoms with Crippen molar-refractivity contribution in [1.82, 2.24) is 19.3 Å². The molecular weight excluding hydrogens is 397 g/mol. The summed E-state index contributed by atoms with van der Waals surface area (Å²) in [5.74, 6) is -0.723. The lowest BCUT2D eigenvalue weighted by atomic mass is 10.1. The third-order valence-electron chi connectivity index (χ3n) is 5.08. The molecular formula is C23H16FN5O2. The number of amides is 1. The van der Waals surface area contributed by atoms with Gasteiger partial charge in [-0.25, -0.2) is 18.6 Å². The van der Waals surface area contributed by atoms with Crippen LogP contribution in [0, 0.1) is 12.7 Å². The number of aromatic nitrogens is 4. The van der Waals surface area contributed by atoms with Crippen molar-refractivity contribution < 1.29 is 9.18 Å². The lowest BCUT2D eigenvalue weighted by molar-refractivity contribution is 0.101. The molecule has 2 aromatic carbocycles. The first-order chi connectivity index (χ1) is 15.0. The number of fused-ring (bicyclic) bond motifs is 3. The summed E-state index contributed by atoms with van der Waals surface area (Å²) in [7, 11) is 0. The Bertz CT molecular complexity index is 1510. The molecule has 0 unspecified atom stereocenters. The fourth-order valence-electron chi connectivity index (χ4n) is 3.58. The minimum atomic E-state index is -0.423. The number of carbonyl (C=O) groups is 1. The van der Waals surface area contributed by atoms with Gasteiger partial charge in [-0.3, -0.25) is 15.0 Å². The highest BCUT2D eigenvalue weighted by Gasteiger charge is 2.17. The van der Waals surface area contributed by atoms with Crippen molar-refractivity contribution in [1.29, 1.82) is 0 Å². The summed E-state index contributed by atoms with van der Waals surface area (Å²) in [4.78, 5) is 29.8. The smallest absolute Gasteiger partial charge is 0.267 e. The van der Waals surface area contributed by atoms with Crippen molar-refractivity contribution in [2.24, 2.45) is 0 Å². The van der Waals surface area contributed by atoms with Crippen LogP contribution in [0.1, 0.15) is 16.1 Å². The maximum atomic E-state index is 13.3. The standard InChI is InChI=1S/C23H16FN5O2/c1-14-20(15-7-9-17(24)10-8-15)21-25-13-18-19(29(21)26-14)11-12-28(23(18)31)27-22(30)16-5-3-2-4-6-16/h2-13H,1H3,(H,27,30). The van der Waals surface area contributed by atoms with Gasteiger partial charge in [0.15, 0.2) is 5.65 Å². The summed E-state index contributed by atoms with van der Waals surface area (Å²) in [6.45, 7) is 1.83. The molecule has 3 aromatic heterocycles. The molecule has 0 bridgehead atoms. The van der Waals surface area contributed by atoms with E-state index in [-0.39, 0.29) is 5.82 Å². The van der Waals surface area contributed by atoms with Crippen LogP contribution in [0.25, 0.3) is 27.7 Å². The Kier molecular flexibility index (Phi) is 4.32. The number of nitrogens with zero attached hydrogens (tertiary/aromatic N) is 4. The maximum Gasteiger partial charge on any atom is 0.280 e. The van der Waals surface area contributed by atoms with Gasteiger partial charge in [-0.2, -0.15) is 5.10 Å². The van der Waals surface area contributed by atoms with E-state index in [1.807, 2.05) is 13.0 Å². The van der Waals surface area contributed by atoms with E-state index in [0.717, 1.165) is 15.8 Å². The van der Waals surface area contributed by atoms with Gasteiger partial charge in [0, 0.05) is 23.5 Å². The lowest BCUT2D eigenvalue weighted by Crippen LogP contribution is -2.32. The third kappa shape index (κ3) is 3.14. The highest BCUT2D eigenvalue weighted by Crippen LogP contribution is 2.28. The van der Waals surface area contributed by atoms with Gasteiger partial charge >= 0.3 is 0 Å². The van der Waals surface area contributed by atoms with Crippen molar-refractivity contribution in [3.05, 3.63) is 100 Å². The molecule has 5 aromatic rings. The van der Waals surface area contributed by atoms with Gasteiger partial charge in [-0.15, -0.1) is 0 Å². The molecule has 0 saturated heterocycles. The molecule has 0 atom stereocenters. The van der Waals surface area contributed by atoms with E-state index in [9.17, 15) is 14.0 Å². The Morgan fingerprint density at radius 2 is 1.77 bits per heavy atom. The summed E-state index contributed by atoms with van der Waals surface area (Å²) >= 11 is 0. The molecule has 1 N–H and O–H groups in total. The molecule has 3 heterocycles. The van der Waals surface area contributed by atoms with Crippen LogP contribution < -0.4 is 11.0 Å². The van der Waals surface area contributed by atoms with E-state index in [1.54, 1.807) is 47.0 Å². The second kappa shape index (κ2) is 7.17. The number of carbonyl (C=O) groups excluding carboxylic acids is 1. The molecule has 0 radical (unpaired) electrons. The molecule has 0 spiro atoms. The van der Waals surface area contributed by atoms with E-state index < -0.39 is 11.5 Å². The minimum absolute atomic E-state index is 0.302. The van der Waals surface area contributed by atoms with Crippen LogP contribution in [0.5, 0.6) is 0 Å². The third-order valence-corrected chi connectivity index (χ3v) is 5.08. The van der Waals surface area contributed by atoms with Gasteiger partial charge in [0.1, 0.15) is 5.82 Å². The first-order valence-electron chi connectivity index (χ1n) is 9.55. The Morgan fingerprint density at radius 3 is 2.52 bits per heavy atom. The molecule has 0 aliphatic carbocycles. The fraction of sp³-hybridized carbons (Fsp3) is 0.0435. The second-order valence-electron chi connectivity index (χ2n) is 7.06. The van der Waals surface area contributed by atoms with Crippen molar-refractivity contribution in [2.75, 3.05) is 5.43 Å². The molecule has 8 heteroatoms. The first-order valence-corrected chi connectivity index (χ1v) is 9.55. The molecule has 0 fully saturated rings. The number of halogens is 1. The van der Waals surface area contributed by atoms with E-state index in [0.29, 0.717) is 27.8 Å². The highest BCUT2D eigenvalue weighted by molar-refractivity contribution is 6.00. The molecule has 0 aliphatic rings. The fourth-order valence-corrected chi connectivity index (χ4v) is 3.58. The number of benzene rings is 2. The van der Waals surface area contributed by atoms with Crippen molar-refractivity contribution in [3.63, 3.8) is 0 Å². The van der Waals surface area contributed by atoms with Gasteiger partial charge in [0.2, 0.25) is 0 Å². The average molecular weight is 413 g/mol. The van der Waals surface area contributed by atoms with Crippen LogP contribution in [0.4, 0.5) is 4.39 Å². The number of hydrogen-bond donors (Lipinski definition) is 1. The average Bonchev–Trinajstić information content (AvgIpc) is 3.13. The number of hydrogen-bond acceptors (Lipinski definition) is 4. The Hall–Kier alpha value is -4.33. The predicted octanol–water partition coefficient (Wildman–Crippen LogP) is 3.54. The van der Waals surface area contributed by atoms with E-state index in [2.05, 4.69) is 15.5 Å². The second-order valence-corrected chi connectivity index (χ2v) is 7.06. The van der Waals surface area contributed by atoms with E-state index >= 15 is 0 Å². The van der Waals surface area contributed by atoms with Gasteiger partial charge in [0.05, 0.1) is 16.6 Å². The summed E-state index contributed by atoms with van der Waals surface area (Å²) in [5.41, 5.74) is 5.96. The van der Waals surface area contributed by atoms with Gasteiger partial charge in [-0.05, 0) is 42.8 Å². The predicted molar refractivity (Wildman–Crippen MR) is 115 cm³/mol. The Balaban J connectivity index is 1.61. The van der Waals surface area contributed by atoms with Crippen molar-refractivity contribution >= 4 is 22.5 Å². The molecule has 7 nitrogen and oxygen atoms in total. The number of pyridine rings is 1. The van der Waals surface area contributed by atoms with E-state index in [1.165, 1.54) is 24.5 Å². The summed E-state index contributed by atoms with van der Waals surface area (Å²) in [5, 5.41) is 4.85. The SMILES string of the molecule is Cc1nn2c(ncc3c(=O)n(NC(=O)c4ccccc4)ccc32)c1-c1ccc(F)cc1. The zero-order chi connectivity index (χ0) is 21.5. The minimum Gasteiger partial charge on any atom is -0.267 e. The largest absolute Gasteiger partial charge is 0.280 e. The number of aryl methyl sites for hydroxylation is 1. The zero-order valence-electron chi connectivity index (χ0n) is 16.4. The van der Waals surface area contributed by atoms with Crippen LogP contribution in [0.3, 0.4) is 0 Å².